The molecule has 0 unspecified atom stereocenters. The number of halogens is 9. The maximum Gasteiger partial charge on any atom is 0.460 e. The van der Waals surface area contributed by atoms with Gasteiger partial charge < -0.3 is 5.73 Å². The number of rotatable bonds is 6. The quantitative estimate of drug-likeness (QED) is 0.404. The fourth-order valence-corrected chi connectivity index (χ4v) is 3.48. The van der Waals surface area contributed by atoms with E-state index in [1.165, 1.54) is 32.1 Å². The minimum Gasteiger partial charge on any atom is -0.325 e. The Kier molecular flexibility index (Phi) is 8.92. The van der Waals surface area contributed by atoms with Crippen molar-refractivity contribution in [1.82, 2.24) is 0 Å². The molecule has 0 aromatic rings. The van der Waals surface area contributed by atoms with Crippen LogP contribution in [0.25, 0.3) is 0 Å². The van der Waals surface area contributed by atoms with Gasteiger partial charge in [0.15, 0.2) is 0 Å². The highest BCUT2D eigenvalue weighted by Gasteiger charge is 2.85. The molecule has 4 nitrogen and oxygen atoms in total. The van der Waals surface area contributed by atoms with E-state index in [1.807, 2.05) is 0 Å². The Morgan fingerprint density at radius 3 is 1.48 bits per heavy atom. The Labute approximate surface area is 162 Å². The maximum atomic E-state index is 12.2. The fourth-order valence-electron chi connectivity index (χ4n) is 3.03. The van der Waals surface area contributed by atoms with Crippen molar-refractivity contribution in [2.24, 2.45) is 11.7 Å². The van der Waals surface area contributed by atoms with Gasteiger partial charge in [-0.1, -0.05) is 33.1 Å². The molecule has 0 heterocycles. The summed E-state index contributed by atoms with van der Waals surface area (Å²) >= 11 is 0. The van der Waals surface area contributed by atoms with Crippen LogP contribution in [-0.2, 0) is 10.1 Å². The van der Waals surface area contributed by atoms with Crippen LogP contribution in [0.15, 0.2) is 0 Å². The van der Waals surface area contributed by atoms with Gasteiger partial charge in [0.1, 0.15) is 0 Å². The summed E-state index contributed by atoms with van der Waals surface area (Å²) in [4.78, 5) is 0. The van der Waals surface area contributed by atoms with Gasteiger partial charge in [0.2, 0.25) is 0 Å². The van der Waals surface area contributed by atoms with Crippen molar-refractivity contribution in [1.29, 1.82) is 0 Å². The highest BCUT2D eigenvalue weighted by atomic mass is 32.2. The van der Waals surface area contributed by atoms with Gasteiger partial charge in [0.25, 0.3) is 0 Å². The monoisotopic (exact) mass is 469 g/mol. The third kappa shape index (κ3) is 5.69. The van der Waals surface area contributed by atoms with Gasteiger partial charge in [-0.05, 0) is 31.6 Å². The Hall–Kier alpha value is -0.760. The molecule has 0 atom stereocenters. The largest absolute Gasteiger partial charge is 0.460 e. The molecule has 176 valence electrons. The van der Waals surface area contributed by atoms with Gasteiger partial charge in [0.05, 0.1) is 0 Å². The van der Waals surface area contributed by atoms with Crippen LogP contribution in [-0.4, -0.2) is 41.8 Å². The zero-order chi connectivity index (χ0) is 23.5. The lowest BCUT2D eigenvalue weighted by molar-refractivity contribution is -0.382. The molecule has 0 saturated heterocycles. The van der Waals surface area contributed by atoms with Gasteiger partial charge in [-0.2, -0.15) is 47.9 Å². The topological polar surface area (TPSA) is 80.4 Å². The van der Waals surface area contributed by atoms with Gasteiger partial charge >= 0.3 is 33.4 Å². The molecule has 0 aromatic carbocycles. The van der Waals surface area contributed by atoms with Crippen LogP contribution >= 0.6 is 0 Å². The summed E-state index contributed by atoms with van der Waals surface area (Å²) in [6.07, 6.45) is 2.15. The summed E-state index contributed by atoms with van der Waals surface area (Å²) in [6, 6.07) is 0. The number of alkyl halides is 9. The zero-order valence-electron chi connectivity index (χ0n) is 15.7. The summed E-state index contributed by atoms with van der Waals surface area (Å²) in [5.74, 6) is -13.9. The van der Waals surface area contributed by atoms with Crippen LogP contribution in [0.3, 0.4) is 0 Å². The summed E-state index contributed by atoms with van der Waals surface area (Å²) < 4.78 is 134. The summed E-state index contributed by atoms with van der Waals surface area (Å²) in [6.45, 7) is 4.47. The summed E-state index contributed by atoms with van der Waals surface area (Å²) in [5, 5.41) is -7.00. The van der Waals surface area contributed by atoms with E-state index in [1.54, 1.807) is 0 Å². The number of hydrogen-bond donors (Lipinski definition) is 2. The first-order chi connectivity index (χ1) is 12.7. The first-order valence-corrected chi connectivity index (χ1v) is 10.1. The molecule has 0 bridgehead atoms. The molecule has 0 amide bonds. The second-order valence-electron chi connectivity index (χ2n) is 6.91. The predicted molar refractivity (Wildman–Crippen MR) is 86.5 cm³/mol. The third-order valence-corrected chi connectivity index (χ3v) is 6.08. The molecule has 0 radical (unpaired) electrons. The van der Waals surface area contributed by atoms with Crippen molar-refractivity contribution in [3.8, 4) is 0 Å². The fraction of sp³-hybridized carbons (Fsp3) is 1.00. The molecule has 0 aliphatic heterocycles. The van der Waals surface area contributed by atoms with Crippen molar-refractivity contribution < 1.29 is 52.5 Å². The highest BCUT2D eigenvalue weighted by Crippen LogP contribution is 2.54. The average Bonchev–Trinajstić information content (AvgIpc) is 2.60. The third-order valence-electron chi connectivity index (χ3n) is 5.17. The van der Waals surface area contributed by atoms with Crippen LogP contribution in [0, 0.1) is 5.92 Å². The molecule has 1 fully saturated rings. The van der Waals surface area contributed by atoms with E-state index in [-0.39, 0.29) is 5.54 Å². The van der Waals surface area contributed by atoms with E-state index in [0.29, 0.717) is 0 Å². The molecule has 29 heavy (non-hydrogen) atoms. The van der Waals surface area contributed by atoms with E-state index in [4.69, 9.17) is 10.3 Å². The van der Waals surface area contributed by atoms with Crippen molar-refractivity contribution in [2.45, 2.75) is 87.6 Å². The first kappa shape index (κ1) is 28.2. The standard InChI is InChI=1S/C11H23N.C4HF9O3S/c1-3-11(12,4-2)10-8-6-5-7-9-10;5-1(6,3(9,10)11)2(7,8)4(12,13)17(14,15)16/h10H,3-9,12H2,1-2H3;(H,14,15,16). The lowest BCUT2D eigenvalue weighted by Gasteiger charge is -2.38. The van der Waals surface area contributed by atoms with Gasteiger partial charge in [-0.3, -0.25) is 4.55 Å². The molecule has 3 N–H and O–H groups in total. The minimum absolute atomic E-state index is 0.153. The lowest BCUT2D eigenvalue weighted by atomic mass is 9.72. The normalized spacial score (nSPS) is 18.2. The Bertz CT molecular complexity index is 625. The molecule has 1 aliphatic carbocycles. The molecule has 0 spiro atoms. The van der Waals surface area contributed by atoms with Crippen LogP contribution in [0.2, 0.25) is 0 Å². The molecule has 1 aliphatic rings. The maximum absolute atomic E-state index is 12.2. The molecule has 0 aromatic heterocycles. The zero-order valence-corrected chi connectivity index (χ0v) is 16.5. The smallest absolute Gasteiger partial charge is 0.325 e. The lowest BCUT2D eigenvalue weighted by Crippen LogP contribution is -2.63. The van der Waals surface area contributed by atoms with E-state index in [9.17, 15) is 47.9 Å². The van der Waals surface area contributed by atoms with E-state index >= 15 is 0 Å². The number of nitrogens with two attached hydrogens (primary N) is 1. The predicted octanol–water partition coefficient (Wildman–Crippen LogP) is 5.38. The van der Waals surface area contributed by atoms with Gasteiger partial charge in [-0.15, -0.1) is 0 Å². The molecular formula is C15H24F9NO3S. The van der Waals surface area contributed by atoms with Crippen LogP contribution in [0.4, 0.5) is 39.5 Å². The first-order valence-electron chi connectivity index (χ1n) is 8.69. The minimum atomic E-state index is -7.37. The van der Waals surface area contributed by atoms with E-state index in [2.05, 4.69) is 13.8 Å². The van der Waals surface area contributed by atoms with Crippen LogP contribution in [0.1, 0.15) is 58.8 Å². The molecular weight excluding hydrogens is 445 g/mol. The van der Waals surface area contributed by atoms with Gasteiger partial charge in [-0.25, -0.2) is 0 Å². The molecule has 1 rings (SSSR count). The van der Waals surface area contributed by atoms with E-state index in [0.717, 1.165) is 18.8 Å². The van der Waals surface area contributed by atoms with Crippen molar-refractivity contribution in [2.75, 3.05) is 0 Å². The van der Waals surface area contributed by atoms with Crippen LogP contribution < -0.4 is 5.73 Å². The van der Waals surface area contributed by atoms with Crippen LogP contribution in [0.5, 0.6) is 0 Å². The van der Waals surface area contributed by atoms with Gasteiger partial charge in [0, 0.05) is 5.54 Å². The Morgan fingerprint density at radius 1 is 0.828 bits per heavy atom. The Balaban J connectivity index is 0.000000571. The Morgan fingerprint density at radius 2 is 1.21 bits per heavy atom. The van der Waals surface area contributed by atoms with Crippen molar-refractivity contribution in [3.63, 3.8) is 0 Å². The van der Waals surface area contributed by atoms with E-state index < -0.39 is 33.4 Å². The highest BCUT2D eigenvalue weighted by molar-refractivity contribution is 7.87. The van der Waals surface area contributed by atoms with Crippen molar-refractivity contribution >= 4 is 10.1 Å². The number of hydrogen-bond acceptors (Lipinski definition) is 3. The summed E-state index contributed by atoms with van der Waals surface area (Å²) in [7, 11) is -7.17. The molecule has 1 saturated carbocycles. The van der Waals surface area contributed by atoms with Crippen molar-refractivity contribution in [3.05, 3.63) is 0 Å². The average molecular weight is 469 g/mol. The summed E-state index contributed by atoms with van der Waals surface area (Å²) in [5.41, 5.74) is 6.52. The second-order valence-corrected chi connectivity index (χ2v) is 8.38. The second kappa shape index (κ2) is 9.16. The molecule has 14 heteroatoms. The SMILES string of the molecule is CCC(N)(CC)C1CCCCC1.O=S(=O)(O)C(F)(F)C(F)(F)C(F)(F)C(F)(F)F.